The predicted octanol–water partition coefficient (Wildman–Crippen LogP) is 2.75. The molecule has 0 saturated carbocycles. The minimum atomic E-state index is 0.194. The number of hydrogen-bond acceptors (Lipinski definition) is 4. The van der Waals surface area contributed by atoms with E-state index in [1.807, 2.05) is 48.5 Å². The van der Waals surface area contributed by atoms with Crippen LogP contribution in [-0.4, -0.2) is 20.4 Å². The van der Waals surface area contributed by atoms with Gasteiger partial charge in [-0.25, -0.2) is 0 Å². The molecule has 0 heterocycles. The number of hydrogen-bond donors (Lipinski definition) is 1. The Morgan fingerprint density at radius 3 is 2.57 bits per heavy atom. The number of benzene rings is 2. The Labute approximate surface area is 125 Å². The van der Waals surface area contributed by atoms with E-state index in [1.54, 1.807) is 7.11 Å². The highest BCUT2D eigenvalue weighted by molar-refractivity contribution is 5.40. The zero-order valence-electron chi connectivity index (χ0n) is 12.2. The monoisotopic (exact) mass is 287 g/mol. The Morgan fingerprint density at radius 2 is 1.86 bits per heavy atom. The molecule has 0 fully saturated rings. The van der Waals surface area contributed by atoms with Crippen LogP contribution in [0.5, 0.6) is 11.5 Å². The van der Waals surface area contributed by atoms with Crippen molar-refractivity contribution in [2.24, 2.45) is 5.73 Å². The summed E-state index contributed by atoms with van der Waals surface area (Å²) in [6, 6.07) is 15.7. The molecule has 2 aromatic carbocycles. The fourth-order valence-corrected chi connectivity index (χ4v) is 2.00. The molecule has 0 bridgehead atoms. The zero-order valence-corrected chi connectivity index (χ0v) is 12.2. The van der Waals surface area contributed by atoms with E-state index in [1.165, 1.54) is 0 Å². The van der Waals surface area contributed by atoms with Crippen molar-refractivity contribution in [3.05, 3.63) is 59.7 Å². The molecule has 0 atom stereocenters. The summed E-state index contributed by atoms with van der Waals surface area (Å²) in [5, 5.41) is 0. The van der Waals surface area contributed by atoms with E-state index >= 15 is 0 Å². The van der Waals surface area contributed by atoms with Gasteiger partial charge < -0.3 is 19.9 Å². The molecular weight excluding hydrogens is 266 g/mol. The SMILES string of the molecule is COc1ccc(CCN)c(OCOCc2ccccc2)c1. The first-order valence-corrected chi connectivity index (χ1v) is 6.95. The maximum absolute atomic E-state index is 5.70. The molecule has 0 aliphatic carbocycles. The van der Waals surface area contributed by atoms with E-state index in [0.29, 0.717) is 13.2 Å². The molecule has 2 aromatic rings. The standard InChI is InChI=1S/C17H21NO3/c1-19-16-8-7-15(9-10-18)17(11-16)21-13-20-12-14-5-3-2-4-6-14/h2-8,11H,9-10,12-13,18H2,1H3. The van der Waals surface area contributed by atoms with E-state index in [-0.39, 0.29) is 6.79 Å². The van der Waals surface area contributed by atoms with Gasteiger partial charge in [-0.3, -0.25) is 0 Å². The van der Waals surface area contributed by atoms with Crippen LogP contribution in [-0.2, 0) is 17.8 Å². The lowest BCUT2D eigenvalue weighted by atomic mass is 10.1. The minimum Gasteiger partial charge on any atom is -0.497 e. The number of methoxy groups -OCH3 is 1. The van der Waals surface area contributed by atoms with Gasteiger partial charge in [-0.1, -0.05) is 36.4 Å². The van der Waals surface area contributed by atoms with E-state index in [0.717, 1.165) is 29.0 Å². The highest BCUT2D eigenvalue weighted by atomic mass is 16.7. The smallest absolute Gasteiger partial charge is 0.189 e. The van der Waals surface area contributed by atoms with Gasteiger partial charge in [0, 0.05) is 6.07 Å². The summed E-state index contributed by atoms with van der Waals surface area (Å²) in [6.45, 7) is 1.30. The van der Waals surface area contributed by atoms with Gasteiger partial charge in [0.05, 0.1) is 13.7 Å². The first-order chi connectivity index (χ1) is 10.3. The Balaban J connectivity index is 1.89. The van der Waals surface area contributed by atoms with Crippen LogP contribution >= 0.6 is 0 Å². The fourth-order valence-electron chi connectivity index (χ4n) is 2.00. The van der Waals surface area contributed by atoms with Crippen LogP contribution < -0.4 is 15.2 Å². The number of rotatable bonds is 8. The summed E-state index contributed by atoms with van der Waals surface area (Å²) in [5.74, 6) is 1.52. The molecule has 0 unspecified atom stereocenters. The lowest BCUT2D eigenvalue weighted by molar-refractivity contribution is 0.00446. The van der Waals surface area contributed by atoms with Crippen molar-refractivity contribution in [2.75, 3.05) is 20.4 Å². The third-order valence-corrected chi connectivity index (χ3v) is 3.10. The summed E-state index contributed by atoms with van der Waals surface area (Å²) >= 11 is 0. The van der Waals surface area contributed by atoms with E-state index in [9.17, 15) is 0 Å². The molecule has 2 N–H and O–H groups in total. The van der Waals surface area contributed by atoms with Crippen molar-refractivity contribution in [3.8, 4) is 11.5 Å². The summed E-state index contributed by atoms with van der Waals surface area (Å²) in [7, 11) is 1.63. The second kappa shape index (κ2) is 8.29. The Hall–Kier alpha value is -2.04. The first kappa shape index (κ1) is 15.4. The van der Waals surface area contributed by atoms with Gasteiger partial charge in [0.15, 0.2) is 6.79 Å². The summed E-state index contributed by atoms with van der Waals surface area (Å²) in [5.41, 5.74) is 7.79. The van der Waals surface area contributed by atoms with Gasteiger partial charge >= 0.3 is 0 Å². The molecule has 0 saturated heterocycles. The van der Waals surface area contributed by atoms with Crippen molar-refractivity contribution in [1.82, 2.24) is 0 Å². The van der Waals surface area contributed by atoms with Crippen LogP contribution in [0.25, 0.3) is 0 Å². The number of nitrogens with two attached hydrogens (primary N) is 1. The fraction of sp³-hybridized carbons (Fsp3) is 0.294. The van der Waals surface area contributed by atoms with Crippen molar-refractivity contribution < 1.29 is 14.2 Å². The van der Waals surface area contributed by atoms with Crippen LogP contribution in [0.15, 0.2) is 48.5 Å². The third-order valence-electron chi connectivity index (χ3n) is 3.10. The third kappa shape index (κ3) is 4.77. The summed E-state index contributed by atoms with van der Waals surface area (Å²) in [6.07, 6.45) is 0.762. The highest BCUT2D eigenvalue weighted by Crippen LogP contribution is 2.25. The largest absolute Gasteiger partial charge is 0.497 e. The van der Waals surface area contributed by atoms with Gasteiger partial charge in [0.1, 0.15) is 11.5 Å². The van der Waals surface area contributed by atoms with Crippen LogP contribution in [0, 0.1) is 0 Å². The molecule has 0 aliphatic rings. The van der Waals surface area contributed by atoms with Crippen LogP contribution in [0.3, 0.4) is 0 Å². The minimum absolute atomic E-state index is 0.194. The van der Waals surface area contributed by atoms with Gasteiger partial charge in [0.2, 0.25) is 0 Å². The van der Waals surface area contributed by atoms with E-state index in [4.69, 9.17) is 19.9 Å². The second-order valence-corrected chi connectivity index (χ2v) is 4.61. The van der Waals surface area contributed by atoms with E-state index in [2.05, 4.69) is 0 Å². The van der Waals surface area contributed by atoms with Gasteiger partial charge in [0.25, 0.3) is 0 Å². The molecule has 0 spiro atoms. The van der Waals surface area contributed by atoms with Crippen molar-refractivity contribution >= 4 is 0 Å². The van der Waals surface area contributed by atoms with Crippen molar-refractivity contribution in [3.63, 3.8) is 0 Å². The first-order valence-electron chi connectivity index (χ1n) is 6.95. The maximum atomic E-state index is 5.70. The molecule has 0 amide bonds. The average molecular weight is 287 g/mol. The Kier molecular flexibility index (Phi) is 6.06. The maximum Gasteiger partial charge on any atom is 0.189 e. The molecular formula is C17H21NO3. The molecule has 112 valence electrons. The quantitative estimate of drug-likeness (QED) is 0.599. The molecule has 0 aromatic heterocycles. The predicted molar refractivity (Wildman–Crippen MR) is 82.5 cm³/mol. The molecule has 0 aliphatic heterocycles. The van der Waals surface area contributed by atoms with Gasteiger partial charge in [-0.15, -0.1) is 0 Å². The molecule has 4 heteroatoms. The lowest BCUT2D eigenvalue weighted by Crippen LogP contribution is -2.08. The second-order valence-electron chi connectivity index (χ2n) is 4.61. The normalized spacial score (nSPS) is 10.4. The average Bonchev–Trinajstić information content (AvgIpc) is 2.54. The Morgan fingerprint density at radius 1 is 1.05 bits per heavy atom. The van der Waals surface area contributed by atoms with Gasteiger partial charge in [-0.2, -0.15) is 0 Å². The molecule has 21 heavy (non-hydrogen) atoms. The zero-order chi connectivity index (χ0) is 14.9. The number of ether oxygens (including phenoxy) is 3. The van der Waals surface area contributed by atoms with E-state index < -0.39 is 0 Å². The summed E-state index contributed by atoms with van der Waals surface area (Å²) < 4.78 is 16.4. The highest BCUT2D eigenvalue weighted by Gasteiger charge is 2.05. The topological polar surface area (TPSA) is 53.7 Å². The van der Waals surface area contributed by atoms with Crippen molar-refractivity contribution in [1.29, 1.82) is 0 Å². The van der Waals surface area contributed by atoms with Crippen LogP contribution in [0.1, 0.15) is 11.1 Å². The van der Waals surface area contributed by atoms with Crippen molar-refractivity contribution in [2.45, 2.75) is 13.0 Å². The van der Waals surface area contributed by atoms with Crippen LogP contribution in [0.4, 0.5) is 0 Å². The Bertz CT molecular complexity index is 543. The van der Waals surface area contributed by atoms with Gasteiger partial charge in [-0.05, 0) is 30.2 Å². The molecule has 0 radical (unpaired) electrons. The molecule has 4 nitrogen and oxygen atoms in total. The van der Waals surface area contributed by atoms with Crippen LogP contribution in [0.2, 0.25) is 0 Å². The lowest BCUT2D eigenvalue weighted by Gasteiger charge is -2.13. The summed E-state index contributed by atoms with van der Waals surface area (Å²) in [4.78, 5) is 0. The molecule has 2 rings (SSSR count).